The van der Waals surface area contributed by atoms with E-state index in [0.29, 0.717) is 0 Å². The quantitative estimate of drug-likeness (QED) is 0.597. The summed E-state index contributed by atoms with van der Waals surface area (Å²) in [6, 6.07) is 0. The van der Waals surface area contributed by atoms with Crippen molar-refractivity contribution in [1.82, 2.24) is 0 Å². The first kappa shape index (κ1) is 9.70. The van der Waals surface area contributed by atoms with E-state index in [-0.39, 0.29) is 12.0 Å². The number of hydrogen-bond acceptors (Lipinski definition) is 1. The van der Waals surface area contributed by atoms with Gasteiger partial charge in [0, 0.05) is 5.92 Å². The molecule has 0 fully saturated rings. The van der Waals surface area contributed by atoms with E-state index >= 15 is 0 Å². The van der Waals surface area contributed by atoms with Gasteiger partial charge in [-0.3, -0.25) is 0 Å². The summed E-state index contributed by atoms with van der Waals surface area (Å²) in [5.74, 6) is 0.259. The van der Waals surface area contributed by atoms with E-state index < -0.39 is 0 Å². The molecule has 0 aromatic heterocycles. The summed E-state index contributed by atoms with van der Waals surface area (Å²) < 4.78 is 0. The fourth-order valence-electron chi connectivity index (χ4n) is 0.948. The zero-order valence-corrected chi connectivity index (χ0v) is 7.22. The van der Waals surface area contributed by atoms with Crippen molar-refractivity contribution in [3.05, 3.63) is 12.2 Å². The van der Waals surface area contributed by atoms with E-state index in [2.05, 4.69) is 13.5 Å². The number of hydrogen-bond donors (Lipinski definition) is 1. The molecule has 0 rings (SSSR count). The fraction of sp³-hybridized carbons (Fsp3) is 0.778. The van der Waals surface area contributed by atoms with E-state index in [0.717, 1.165) is 18.4 Å². The van der Waals surface area contributed by atoms with Crippen molar-refractivity contribution in [3.63, 3.8) is 0 Å². The second kappa shape index (κ2) is 4.51. The van der Waals surface area contributed by atoms with E-state index in [1.54, 1.807) is 0 Å². The van der Waals surface area contributed by atoms with Gasteiger partial charge in [0.25, 0.3) is 0 Å². The van der Waals surface area contributed by atoms with Gasteiger partial charge in [0.15, 0.2) is 0 Å². The first-order valence-corrected chi connectivity index (χ1v) is 3.99. The van der Waals surface area contributed by atoms with Crippen LogP contribution in [0.25, 0.3) is 0 Å². The van der Waals surface area contributed by atoms with Gasteiger partial charge in [0.05, 0.1) is 6.10 Å². The second-order valence-corrected chi connectivity index (χ2v) is 2.78. The normalized spacial score (nSPS) is 16.4. The predicted molar refractivity (Wildman–Crippen MR) is 44.9 cm³/mol. The molecule has 0 spiro atoms. The third kappa shape index (κ3) is 2.53. The van der Waals surface area contributed by atoms with E-state index in [9.17, 15) is 5.11 Å². The van der Waals surface area contributed by atoms with Crippen LogP contribution >= 0.6 is 0 Å². The van der Waals surface area contributed by atoms with Gasteiger partial charge in [-0.15, -0.1) is 0 Å². The molecule has 10 heavy (non-hydrogen) atoms. The average Bonchev–Trinajstić information content (AvgIpc) is 2.00. The van der Waals surface area contributed by atoms with Crippen molar-refractivity contribution in [2.45, 2.75) is 39.7 Å². The van der Waals surface area contributed by atoms with Gasteiger partial charge in [-0.05, 0) is 12.8 Å². The molecule has 0 saturated heterocycles. The number of aliphatic hydroxyl groups is 1. The minimum Gasteiger partial charge on any atom is -0.393 e. The van der Waals surface area contributed by atoms with Crippen molar-refractivity contribution < 1.29 is 5.11 Å². The topological polar surface area (TPSA) is 20.2 Å². The molecule has 0 bridgehead atoms. The molecule has 0 amide bonds. The Morgan fingerprint density at radius 1 is 1.50 bits per heavy atom. The highest BCUT2D eigenvalue weighted by atomic mass is 16.3. The van der Waals surface area contributed by atoms with Crippen molar-refractivity contribution in [1.29, 1.82) is 0 Å². The van der Waals surface area contributed by atoms with Crippen LogP contribution in [0, 0.1) is 5.92 Å². The van der Waals surface area contributed by atoms with Crippen LogP contribution in [-0.2, 0) is 0 Å². The van der Waals surface area contributed by atoms with Gasteiger partial charge in [-0.25, -0.2) is 0 Å². The van der Waals surface area contributed by atoms with Gasteiger partial charge in [-0.2, -0.15) is 0 Å². The van der Waals surface area contributed by atoms with Crippen LogP contribution in [0.5, 0.6) is 0 Å². The maximum atomic E-state index is 9.37. The molecule has 0 aliphatic carbocycles. The molecule has 0 aromatic carbocycles. The molecule has 1 nitrogen and oxygen atoms in total. The lowest BCUT2D eigenvalue weighted by molar-refractivity contribution is 0.128. The van der Waals surface area contributed by atoms with Crippen LogP contribution in [0.2, 0.25) is 0 Å². The number of rotatable bonds is 4. The average molecular weight is 142 g/mol. The minimum absolute atomic E-state index is 0.201. The Bertz CT molecular complexity index is 107. The molecule has 0 aliphatic heterocycles. The second-order valence-electron chi connectivity index (χ2n) is 2.78. The smallest absolute Gasteiger partial charge is 0.0600 e. The summed E-state index contributed by atoms with van der Waals surface area (Å²) in [6.07, 6.45) is 1.59. The first-order chi connectivity index (χ1) is 4.63. The van der Waals surface area contributed by atoms with Crippen LogP contribution in [0.15, 0.2) is 12.2 Å². The van der Waals surface area contributed by atoms with Gasteiger partial charge < -0.3 is 5.11 Å². The van der Waals surface area contributed by atoms with Crippen molar-refractivity contribution >= 4 is 0 Å². The molecule has 0 radical (unpaired) electrons. The molecule has 0 aliphatic rings. The third-order valence-electron chi connectivity index (χ3n) is 2.09. The van der Waals surface area contributed by atoms with E-state index in [4.69, 9.17) is 0 Å². The SMILES string of the molecule is C=C(CC)C(C)C(O)CC. The Labute approximate surface area is 63.8 Å². The van der Waals surface area contributed by atoms with E-state index in [1.165, 1.54) is 0 Å². The predicted octanol–water partition coefficient (Wildman–Crippen LogP) is 2.36. The first-order valence-electron chi connectivity index (χ1n) is 3.99. The highest BCUT2D eigenvalue weighted by molar-refractivity contribution is 5.00. The Morgan fingerprint density at radius 2 is 2.00 bits per heavy atom. The van der Waals surface area contributed by atoms with Crippen molar-refractivity contribution in [2.24, 2.45) is 5.92 Å². The lowest BCUT2D eigenvalue weighted by Crippen LogP contribution is -2.17. The minimum atomic E-state index is -0.201. The van der Waals surface area contributed by atoms with Gasteiger partial charge >= 0.3 is 0 Å². The highest BCUT2D eigenvalue weighted by Crippen LogP contribution is 2.17. The molecular weight excluding hydrogens is 124 g/mol. The Balaban J connectivity index is 3.81. The standard InChI is InChI=1S/C9H18O/c1-5-7(3)8(4)9(10)6-2/h8-10H,3,5-6H2,1-2,4H3. The van der Waals surface area contributed by atoms with Crippen LogP contribution in [0.1, 0.15) is 33.6 Å². The third-order valence-corrected chi connectivity index (χ3v) is 2.09. The molecule has 0 saturated carbocycles. The lowest BCUT2D eigenvalue weighted by atomic mass is 9.93. The van der Waals surface area contributed by atoms with Crippen molar-refractivity contribution in [2.75, 3.05) is 0 Å². The summed E-state index contributed by atoms with van der Waals surface area (Å²) in [5, 5.41) is 9.37. The Kier molecular flexibility index (Phi) is 4.37. The maximum Gasteiger partial charge on any atom is 0.0600 e. The van der Waals surface area contributed by atoms with Gasteiger partial charge in [0.1, 0.15) is 0 Å². The lowest BCUT2D eigenvalue weighted by Gasteiger charge is -2.18. The summed E-state index contributed by atoms with van der Waals surface area (Å²) in [7, 11) is 0. The fourth-order valence-corrected chi connectivity index (χ4v) is 0.948. The van der Waals surface area contributed by atoms with Crippen molar-refractivity contribution in [3.8, 4) is 0 Å². The molecule has 1 N–H and O–H groups in total. The van der Waals surface area contributed by atoms with Crippen LogP contribution in [0.3, 0.4) is 0 Å². The molecule has 2 unspecified atom stereocenters. The molecule has 2 atom stereocenters. The number of aliphatic hydroxyl groups excluding tert-OH is 1. The Morgan fingerprint density at radius 3 is 2.30 bits per heavy atom. The summed E-state index contributed by atoms with van der Waals surface area (Å²) >= 11 is 0. The van der Waals surface area contributed by atoms with Gasteiger partial charge in [-0.1, -0.05) is 32.9 Å². The molecule has 60 valence electrons. The summed E-state index contributed by atoms with van der Waals surface area (Å²) in [5.41, 5.74) is 1.15. The molecule has 0 aromatic rings. The highest BCUT2D eigenvalue weighted by Gasteiger charge is 2.13. The summed E-state index contributed by atoms with van der Waals surface area (Å²) in [6.45, 7) is 9.97. The zero-order chi connectivity index (χ0) is 8.15. The van der Waals surface area contributed by atoms with Crippen LogP contribution in [-0.4, -0.2) is 11.2 Å². The Hall–Kier alpha value is -0.300. The molecule has 0 heterocycles. The van der Waals surface area contributed by atoms with Gasteiger partial charge in [0.2, 0.25) is 0 Å². The largest absolute Gasteiger partial charge is 0.393 e. The van der Waals surface area contributed by atoms with E-state index in [1.807, 2.05) is 13.8 Å². The zero-order valence-electron chi connectivity index (χ0n) is 7.22. The molecule has 1 heteroatoms. The monoisotopic (exact) mass is 142 g/mol. The maximum absolute atomic E-state index is 9.37. The summed E-state index contributed by atoms with van der Waals surface area (Å²) in [4.78, 5) is 0. The van der Waals surface area contributed by atoms with Crippen LogP contribution < -0.4 is 0 Å². The van der Waals surface area contributed by atoms with Crippen LogP contribution in [0.4, 0.5) is 0 Å². The molecular formula is C9H18O.